The lowest BCUT2D eigenvalue weighted by atomic mass is 9.95. The average molecular weight is 462 g/mol. The van der Waals surface area contributed by atoms with Crippen LogP contribution in [0.5, 0.6) is 11.5 Å². The van der Waals surface area contributed by atoms with Crippen molar-refractivity contribution in [3.63, 3.8) is 0 Å². The van der Waals surface area contributed by atoms with Crippen LogP contribution in [0, 0.1) is 0 Å². The van der Waals surface area contributed by atoms with Crippen molar-refractivity contribution in [1.82, 2.24) is 4.90 Å². The van der Waals surface area contributed by atoms with Crippen molar-refractivity contribution in [1.29, 1.82) is 0 Å². The van der Waals surface area contributed by atoms with E-state index in [4.69, 9.17) is 9.47 Å². The Morgan fingerprint density at radius 3 is 2.64 bits per heavy atom. The van der Waals surface area contributed by atoms with E-state index in [-0.39, 0.29) is 17.5 Å². The van der Waals surface area contributed by atoms with E-state index in [2.05, 4.69) is 0 Å². The minimum atomic E-state index is -0.726. The summed E-state index contributed by atoms with van der Waals surface area (Å²) in [6.07, 6.45) is 1.64. The van der Waals surface area contributed by atoms with Crippen LogP contribution in [0.2, 0.25) is 0 Å². The maximum atomic E-state index is 13.4. The standard InChI is InChI=1S/C26H23NO5S/c28-24(21-12-6-14-33-21)22-23(27(26(30)25(22)29)16-20-11-5-13-31-20)17-7-4-10-19(15-17)32-18-8-2-1-3-9-18/h1-4,6-10,12,14-15,20,23,29H,5,11,13,16H2. The second-order valence-corrected chi connectivity index (χ2v) is 9.00. The molecule has 0 radical (unpaired) electrons. The third-order valence-corrected chi connectivity index (χ3v) is 6.74. The highest BCUT2D eigenvalue weighted by molar-refractivity contribution is 7.12. The van der Waals surface area contributed by atoms with Crippen LogP contribution in [-0.2, 0) is 9.53 Å². The van der Waals surface area contributed by atoms with Gasteiger partial charge in [-0.2, -0.15) is 0 Å². The van der Waals surface area contributed by atoms with Crippen LogP contribution in [0.1, 0.15) is 34.1 Å². The molecule has 3 aromatic rings. The van der Waals surface area contributed by atoms with E-state index in [1.807, 2.05) is 54.6 Å². The summed E-state index contributed by atoms with van der Waals surface area (Å²) in [5.41, 5.74) is 0.788. The second-order valence-electron chi connectivity index (χ2n) is 8.05. The van der Waals surface area contributed by atoms with Gasteiger partial charge < -0.3 is 19.5 Å². The smallest absolute Gasteiger partial charge is 0.290 e. The molecule has 0 spiro atoms. The highest BCUT2D eigenvalue weighted by Gasteiger charge is 2.45. The maximum Gasteiger partial charge on any atom is 0.290 e. The van der Waals surface area contributed by atoms with Crippen LogP contribution in [0.3, 0.4) is 0 Å². The number of ketones is 1. The maximum absolute atomic E-state index is 13.4. The van der Waals surface area contributed by atoms with Gasteiger partial charge in [-0.1, -0.05) is 36.4 Å². The number of aliphatic hydroxyl groups excluding tert-OH is 1. The van der Waals surface area contributed by atoms with E-state index in [1.165, 1.54) is 11.3 Å². The quantitative estimate of drug-likeness (QED) is 0.484. The third kappa shape index (κ3) is 4.29. The minimum Gasteiger partial charge on any atom is -0.503 e. The predicted octanol–water partition coefficient (Wildman–Crippen LogP) is 5.30. The molecule has 2 atom stereocenters. The summed E-state index contributed by atoms with van der Waals surface area (Å²) in [4.78, 5) is 28.5. The fourth-order valence-corrected chi connectivity index (χ4v) is 5.02. The van der Waals surface area contributed by atoms with Gasteiger partial charge in [-0.25, -0.2) is 0 Å². The van der Waals surface area contributed by atoms with Crippen molar-refractivity contribution in [3.05, 3.63) is 93.9 Å². The van der Waals surface area contributed by atoms with Gasteiger partial charge in [-0.3, -0.25) is 9.59 Å². The zero-order chi connectivity index (χ0) is 22.8. The molecule has 2 aliphatic rings. The number of hydrogen-bond donors (Lipinski definition) is 1. The van der Waals surface area contributed by atoms with E-state index in [0.29, 0.717) is 35.1 Å². The number of benzene rings is 2. The fraction of sp³-hybridized carbons (Fsp3) is 0.231. The lowest BCUT2D eigenvalue weighted by Crippen LogP contribution is -2.37. The largest absolute Gasteiger partial charge is 0.503 e. The number of para-hydroxylation sites is 1. The summed E-state index contributed by atoms with van der Waals surface area (Å²) in [6.45, 7) is 0.955. The summed E-state index contributed by atoms with van der Waals surface area (Å²) >= 11 is 1.28. The number of thiophene rings is 1. The highest BCUT2D eigenvalue weighted by Crippen LogP contribution is 2.41. The van der Waals surface area contributed by atoms with Crippen LogP contribution in [-0.4, -0.2) is 41.0 Å². The zero-order valence-electron chi connectivity index (χ0n) is 17.8. The van der Waals surface area contributed by atoms with Crippen LogP contribution in [0.25, 0.3) is 0 Å². The molecule has 1 saturated heterocycles. The molecule has 2 aromatic carbocycles. The molecule has 2 aliphatic heterocycles. The van der Waals surface area contributed by atoms with Crippen molar-refractivity contribution < 1.29 is 24.2 Å². The minimum absolute atomic E-state index is 0.0947. The summed E-state index contributed by atoms with van der Waals surface area (Å²) in [5, 5.41) is 12.6. The predicted molar refractivity (Wildman–Crippen MR) is 125 cm³/mol. The Bertz CT molecular complexity index is 1180. The Morgan fingerprint density at radius 1 is 1.09 bits per heavy atom. The topological polar surface area (TPSA) is 76.1 Å². The van der Waals surface area contributed by atoms with E-state index in [1.54, 1.807) is 22.4 Å². The molecule has 168 valence electrons. The molecule has 0 bridgehead atoms. The fourth-order valence-electron chi connectivity index (χ4n) is 4.34. The lowest BCUT2D eigenvalue weighted by Gasteiger charge is -2.29. The molecule has 7 heteroatoms. The Morgan fingerprint density at radius 2 is 1.91 bits per heavy atom. The van der Waals surface area contributed by atoms with Crippen LogP contribution in [0.15, 0.2) is 83.4 Å². The van der Waals surface area contributed by atoms with Gasteiger partial charge in [0.05, 0.1) is 22.6 Å². The molecule has 0 saturated carbocycles. The number of nitrogens with zero attached hydrogens (tertiary/aromatic N) is 1. The molecule has 1 amide bonds. The van der Waals surface area contributed by atoms with Crippen LogP contribution < -0.4 is 4.74 Å². The van der Waals surface area contributed by atoms with Gasteiger partial charge >= 0.3 is 0 Å². The third-order valence-electron chi connectivity index (χ3n) is 5.87. The van der Waals surface area contributed by atoms with Crippen molar-refractivity contribution >= 4 is 23.0 Å². The Labute approximate surface area is 195 Å². The SMILES string of the molecule is O=C(C1=C(O)C(=O)N(CC2CCCO2)C1c1cccc(Oc2ccccc2)c1)c1cccs1. The number of hydrogen-bond acceptors (Lipinski definition) is 6. The van der Waals surface area contributed by atoms with Gasteiger partial charge in [-0.05, 0) is 54.1 Å². The van der Waals surface area contributed by atoms with Gasteiger partial charge in [0.15, 0.2) is 5.76 Å². The Hall–Kier alpha value is -3.42. The van der Waals surface area contributed by atoms with Gasteiger partial charge in [0.1, 0.15) is 11.5 Å². The Balaban J connectivity index is 1.53. The number of Topliss-reactive ketones (excluding diaryl/α,β-unsaturated/α-hetero) is 1. The number of ether oxygens (including phenoxy) is 2. The van der Waals surface area contributed by atoms with Gasteiger partial charge in [0.2, 0.25) is 5.78 Å². The summed E-state index contributed by atoms with van der Waals surface area (Å²) in [6, 6.07) is 19.4. The van der Waals surface area contributed by atoms with E-state index >= 15 is 0 Å². The summed E-state index contributed by atoms with van der Waals surface area (Å²) < 4.78 is 11.7. The van der Waals surface area contributed by atoms with Gasteiger partial charge in [0, 0.05) is 13.2 Å². The lowest BCUT2D eigenvalue weighted by molar-refractivity contribution is -0.131. The number of rotatable bonds is 7. The normalized spacial score (nSPS) is 20.5. The zero-order valence-corrected chi connectivity index (χ0v) is 18.7. The van der Waals surface area contributed by atoms with Crippen LogP contribution in [0.4, 0.5) is 0 Å². The number of amides is 1. The number of aliphatic hydroxyl groups is 1. The molecule has 5 rings (SSSR count). The number of carbonyl (C=O) groups excluding carboxylic acids is 2. The average Bonchev–Trinajstić information content (AvgIpc) is 3.59. The van der Waals surface area contributed by atoms with Crippen molar-refractivity contribution in [3.8, 4) is 11.5 Å². The molecule has 3 heterocycles. The highest BCUT2D eigenvalue weighted by atomic mass is 32.1. The molecular formula is C26H23NO5S. The molecule has 1 fully saturated rings. The van der Waals surface area contributed by atoms with Gasteiger partial charge in [-0.15, -0.1) is 11.3 Å². The van der Waals surface area contributed by atoms with E-state index in [9.17, 15) is 14.7 Å². The first kappa shape index (κ1) is 21.4. The molecule has 6 nitrogen and oxygen atoms in total. The monoisotopic (exact) mass is 461 g/mol. The van der Waals surface area contributed by atoms with Crippen molar-refractivity contribution in [2.75, 3.05) is 13.2 Å². The van der Waals surface area contributed by atoms with Crippen molar-refractivity contribution in [2.45, 2.75) is 25.0 Å². The summed E-state index contributed by atoms with van der Waals surface area (Å²) in [7, 11) is 0. The Kier molecular flexibility index (Phi) is 5.98. The number of carbonyl (C=O) groups is 2. The molecule has 1 aromatic heterocycles. The first-order valence-corrected chi connectivity index (χ1v) is 11.8. The first-order chi connectivity index (χ1) is 16.1. The second kappa shape index (κ2) is 9.21. The molecule has 1 N–H and O–H groups in total. The van der Waals surface area contributed by atoms with Crippen molar-refractivity contribution in [2.24, 2.45) is 0 Å². The summed E-state index contributed by atoms with van der Waals surface area (Å²) in [5.74, 6) is -0.125. The van der Waals surface area contributed by atoms with Crippen LogP contribution >= 0.6 is 11.3 Å². The molecule has 2 unspecified atom stereocenters. The van der Waals surface area contributed by atoms with E-state index in [0.717, 1.165) is 12.8 Å². The molecule has 0 aliphatic carbocycles. The molecule has 33 heavy (non-hydrogen) atoms. The van der Waals surface area contributed by atoms with Gasteiger partial charge in [0.25, 0.3) is 5.91 Å². The van der Waals surface area contributed by atoms with E-state index < -0.39 is 17.7 Å². The molecular weight excluding hydrogens is 438 g/mol. The first-order valence-electron chi connectivity index (χ1n) is 10.9.